The Morgan fingerprint density at radius 3 is 2.60 bits per heavy atom. The molecule has 0 N–H and O–H groups in total. The quantitative estimate of drug-likeness (QED) is 0.605. The van der Waals surface area contributed by atoms with Gasteiger partial charge in [-0.15, -0.1) is 16.8 Å². The second kappa shape index (κ2) is 6.47. The lowest BCUT2D eigenvalue weighted by Crippen LogP contribution is -2.00. The average molecular weight is 291 g/mol. The van der Waals surface area contributed by atoms with Crippen LogP contribution in [0, 0.1) is 0 Å². The Morgan fingerprint density at radius 2 is 2.00 bits per heavy atom. The van der Waals surface area contributed by atoms with Gasteiger partial charge in [0.25, 0.3) is 0 Å². The Balaban J connectivity index is 2.50. The van der Waals surface area contributed by atoms with Gasteiger partial charge in [-0.1, -0.05) is 17.8 Å². The lowest BCUT2D eigenvalue weighted by molar-refractivity contribution is 0.355. The lowest BCUT2D eigenvalue weighted by Gasteiger charge is -2.10. The van der Waals surface area contributed by atoms with Gasteiger partial charge in [-0.3, -0.25) is 4.57 Å². The minimum atomic E-state index is 0.660. The molecule has 1 aromatic carbocycles. The van der Waals surface area contributed by atoms with E-state index in [-0.39, 0.29) is 0 Å². The van der Waals surface area contributed by atoms with Crippen molar-refractivity contribution in [3.63, 3.8) is 0 Å². The maximum absolute atomic E-state index is 5.32. The summed E-state index contributed by atoms with van der Waals surface area (Å²) in [5.74, 6) is 2.15. The molecule has 6 heteroatoms. The van der Waals surface area contributed by atoms with Crippen molar-refractivity contribution < 1.29 is 9.47 Å². The summed E-state index contributed by atoms with van der Waals surface area (Å²) in [6, 6.07) is 5.70. The fourth-order valence-corrected chi connectivity index (χ4v) is 2.43. The van der Waals surface area contributed by atoms with Crippen LogP contribution in [-0.2, 0) is 6.54 Å². The summed E-state index contributed by atoms with van der Waals surface area (Å²) in [7, 11) is 3.23. The molecule has 0 radical (unpaired) electrons. The summed E-state index contributed by atoms with van der Waals surface area (Å²) in [5, 5.41) is 9.29. The third-order valence-corrected chi connectivity index (χ3v) is 3.52. The molecule has 0 aliphatic rings. The van der Waals surface area contributed by atoms with Crippen LogP contribution in [0.25, 0.3) is 11.4 Å². The largest absolute Gasteiger partial charge is 0.493 e. The van der Waals surface area contributed by atoms with Crippen molar-refractivity contribution in [1.82, 2.24) is 14.8 Å². The van der Waals surface area contributed by atoms with E-state index in [4.69, 9.17) is 9.47 Å². The standard InChI is InChI=1S/C14H17N3O2S/c1-5-8-17-13(15-16-14(17)20-4)10-6-7-11(18-2)12(9-10)19-3/h5-7,9H,1,8H2,2-4H3. The number of allylic oxidation sites excluding steroid dienone is 1. The van der Waals surface area contributed by atoms with Crippen LogP contribution in [0.1, 0.15) is 0 Å². The van der Waals surface area contributed by atoms with E-state index in [1.807, 2.05) is 35.1 Å². The van der Waals surface area contributed by atoms with Crippen molar-refractivity contribution >= 4 is 11.8 Å². The van der Waals surface area contributed by atoms with Crippen LogP contribution < -0.4 is 9.47 Å². The van der Waals surface area contributed by atoms with Gasteiger partial charge in [0.15, 0.2) is 22.5 Å². The van der Waals surface area contributed by atoms with Crippen molar-refractivity contribution in [3.05, 3.63) is 30.9 Å². The number of rotatable bonds is 6. The first-order valence-corrected chi connectivity index (χ1v) is 7.28. The number of methoxy groups -OCH3 is 2. The minimum Gasteiger partial charge on any atom is -0.493 e. The van der Waals surface area contributed by atoms with E-state index in [1.54, 1.807) is 26.0 Å². The highest BCUT2D eigenvalue weighted by molar-refractivity contribution is 7.98. The lowest BCUT2D eigenvalue weighted by atomic mass is 10.2. The summed E-state index contributed by atoms with van der Waals surface area (Å²) < 4.78 is 12.6. The smallest absolute Gasteiger partial charge is 0.191 e. The normalized spacial score (nSPS) is 10.3. The van der Waals surface area contributed by atoms with Crippen LogP contribution in [0.3, 0.4) is 0 Å². The van der Waals surface area contributed by atoms with E-state index in [0.29, 0.717) is 18.0 Å². The van der Waals surface area contributed by atoms with Crippen LogP contribution in [0.2, 0.25) is 0 Å². The van der Waals surface area contributed by atoms with E-state index >= 15 is 0 Å². The zero-order chi connectivity index (χ0) is 14.5. The number of hydrogen-bond acceptors (Lipinski definition) is 5. The van der Waals surface area contributed by atoms with E-state index in [0.717, 1.165) is 16.5 Å². The number of benzene rings is 1. The van der Waals surface area contributed by atoms with Crippen molar-refractivity contribution in [3.8, 4) is 22.9 Å². The maximum atomic E-state index is 5.32. The molecular formula is C14H17N3O2S. The first-order chi connectivity index (χ1) is 9.74. The van der Waals surface area contributed by atoms with Gasteiger partial charge in [0.05, 0.1) is 14.2 Å². The van der Waals surface area contributed by atoms with Gasteiger partial charge in [-0.25, -0.2) is 0 Å². The number of nitrogens with zero attached hydrogens (tertiary/aromatic N) is 3. The highest BCUT2D eigenvalue weighted by Crippen LogP contribution is 2.32. The Bertz CT molecular complexity index is 610. The third-order valence-electron chi connectivity index (χ3n) is 2.85. The highest BCUT2D eigenvalue weighted by atomic mass is 32.2. The van der Waals surface area contributed by atoms with E-state index in [9.17, 15) is 0 Å². The molecule has 0 saturated carbocycles. The molecule has 0 aliphatic carbocycles. The molecule has 1 heterocycles. The van der Waals surface area contributed by atoms with E-state index in [1.165, 1.54) is 0 Å². The molecule has 20 heavy (non-hydrogen) atoms. The second-order valence-electron chi connectivity index (χ2n) is 3.98. The molecule has 0 spiro atoms. The second-order valence-corrected chi connectivity index (χ2v) is 4.75. The highest BCUT2D eigenvalue weighted by Gasteiger charge is 2.14. The van der Waals surface area contributed by atoms with Crippen molar-refractivity contribution in [2.75, 3.05) is 20.5 Å². The van der Waals surface area contributed by atoms with Gasteiger partial charge in [-0.05, 0) is 24.5 Å². The molecule has 0 saturated heterocycles. The van der Waals surface area contributed by atoms with Crippen molar-refractivity contribution in [1.29, 1.82) is 0 Å². The first kappa shape index (κ1) is 14.5. The molecular weight excluding hydrogens is 274 g/mol. The van der Waals surface area contributed by atoms with Crippen LogP contribution in [0.4, 0.5) is 0 Å². The van der Waals surface area contributed by atoms with Gasteiger partial charge >= 0.3 is 0 Å². The van der Waals surface area contributed by atoms with Gasteiger partial charge < -0.3 is 9.47 Å². The molecule has 1 aromatic heterocycles. The van der Waals surface area contributed by atoms with Crippen molar-refractivity contribution in [2.45, 2.75) is 11.7 Å². The molecule has 5 nitrogen and oxygen atoms in total. The molecule has 0 amide bonds. The third kappa shape index (κ3) is 2.65. The summed E-state index contributed by atoms with van der Waals surface area (Å²) in [5.41, 5.74) is 0.928. The number of aromatic nitrogens is 3. The van der Waals surface area contributed by atoms with E-state index < -0.39 is 0 Å². The monoisotopic (exact) mass is 291 g/mol. The number of ether oxygens (including phenoxy) is 2. The predicted molar refractivity (Wildman–Crippen MR) is 80.5 cm³/mol. The van der Waals surface area contributed by atoms with Crippen molar-refractivity contribution in [2.24, 2.45) is 0 Å². The summed E-state index contributed by atoms with van der Waals surface area (Å²) in [6.07, 6.45) is 3.80. The average Bonchev–Trinajstić information content (AvgIpc) is 2.89. The molecule has 0 bridgehead atoms. The maximum Gasteiger partial charge on any atom is 0.191 e. The number of hydrogen-bond donors (Lipinski definition) is 0. The zero-order valence-electron chi connectivity index (χ0n) is 11.8. The molecule has 0 unspecified atom stereocenters. The number of thioether (sulfide) groups is 1. The molecule has 0 aliphatic heterocycles. The predicted octanol–water partition coefficient (Wildman–Crippen LogP) is 2.87. The molecule has 106 valence electrons. The summed E-state index contributed by atoms with van der Waals surface area (Å²) in [4.78, 5) is 0. The Kier molecular flexibility index (Phi) is 4.68. The zero-order valence-corrected chi connectivity index (χ0v) is 12.6. The first-order valence-electron chi connectivity index (χ1n) is 6.05. The summed E-state index contributed by atoms with van der Waals surface area (Å²) >= 11 is 1.55. The Hall–Kier alpha value is -1.95. The molecule has 2 aromatic rings. The Morgan fingerprint density at radius 1 is 1.25 bits per heavy atom. The van der Waals surface area contributed by atoms with Crippen LogP contribution in [0.15, 0.2) is 36.0 Å². The van der Waals surface area contributed by atoms with Crippen LogP contribution in [-0.4, -0.2) is 35.2 Å². The Labute approximate surface area is 122 Å². The SMILES string of the molecule is C=CCn1c(SC)nnc1-c1ccc(OC)c(OC)c1. The summed E-state index contributed by atoms with van der Waals surface area (Å²) in [6.45, 7) is 4.44. The van der Waals surface area contributed by atoms with E-state index in [2.05, 4.69) is 16.8 Å². The van der Waals surface area contributed by atoms with Gasteiger partial charge in [0.2, 0.25) is 0 Å². The van der Waals surface area contributed by atoms with Crippen LogP contribution in [0.5, 0.6) is 11.5 Å². The van der Waals surface area contributed by atoms with Gasteiger partial charge in [0.1, 0.15) is 0 Å². The van der Waals surface area contributed by atoms with Gasteiger partial charge in [-0.2, -0.15) is 0 Å². The molecule has 0 atom stereocenters. The molecule has 2 rings (SSSR count). The van der Waals surface area contributed by atoms with Crippen LogP contribution >= 0.6 is 11.8 Å². The fourth-order valence-electron chi connectivity index (χ4n) is 1.92. The molecule has 0 fully saturated rings. The minimum absolute atomic E-state index is 0.660. The topological polar surface area (TPSA) is 49.2 Å². The fraction of sp³-hybridized carbons (Fsp3) is 0.286. The van der Waals surface area contributed by atoms with Gasteiger partial charge in [0, 0.05) is 12.1 Å².